The van der Waals surface area contributed by atoms with Gasteiger partial charge in [0.1, 0.15) is 0 Å². The molecule has 0 aromatic heterocycles. The molecule has 2 rings (SSSR count). The van der Waals surface area contributed by atoms with Crippen molar-refractivity contribution in [3.8, 4) is 0 Å². The Hall–Kier alpha value is -1.17. The Morgan fingerprint density at radius 1 is 1.45 bits per heavy atom. The third-order valence-corrected chi connectivity index (χ3v) is 4.48. The van der Waals surface area contributed by atoms with Crippen LogP contribution in [-0.4, -0.2) is 36.0 Å². The van der Waals surface area contributed by atoms with Crippen molar-refractivity contribution in [3.05, 3.63) is 38.9 Å². The first-order valence-electron chi connectivity index (χ1n) is 6.76. The molecule has 1 saturated carbocycles. The van der Waals surface area contributed by atoms with Gasteiger partial charge in [0.15, 0.2) is 0 Å². The summed E-state index contributed by atoms with van der Waals surface area (Å²) < 4.78 is 0. The van der Waals surface area contributed by atoms with Crippen molar-refractivity contribution < 1.29 is 4.92 Å². The second-order valence-electron chi connectivity index (χ2n) is 5.61. The highest BCUT2D eigenvalue weighted by atomic mass is 35.5. The predicted octanol–water partition coefficient (Wildman–Crippen LogP) is 2.82. The largest absolute Gasteiger partial charge is 0.311 e. The third-order valence-electron chi connectivity index (χ3n) is 4.24. The third kappa shape index (κ3) is 3.11. The summed E-state index contributed by atoms with van der Waals surface area (Å²) in [4.78, 5) is 12.9. The minimum Gasteiger partial charge on any atom is -0.311 e. The van der Waals surface area contributed by atoms with Gasteiger partial charge in [-0.3, -0.25) is 10.1 Å². The fourth-order valence-corrected chi connectivity index (χ4v) is 2.87. The highest BCUT2D eigenvalue weighted by molar-refractivity contribution is 6.30. The molecule has 1 N–H and O–H groups in total. The fourth-order valence-electron chi connectivity index (χ4n) is 2.67. The van der Waals surface area contributed by atoms with Crippen molar-refractivity contribution in [1.29, 1.82) is 0 Å². The molecule has 20 heavy (non-hydrogen) atoms. The van der Waals surface area contributed by atoms with Crippen LogP contribution in [0.2, 0.25) is 5.02 Å². The Bertz CT molecular complexity index is 501. The Balaban J connectivity index is 2.00. The van der Waals surface area contributed by atoms with Crippen molar-refractivity contribution in [3.63, 3.8) is 0 Å². The molecule has 1 aromatic carbocycles. The zero-order valence-electron chi connectivity index (χ0n) is 11.9. The maximum Gasteiger partial charge on any atom is 0.273 e. The van der Waals surface area contributed by atoms with E-state index in [1.807, 2.05) is 0 Å². The number of hydrogen-bond donors (Lipinski definition) is 1. The minimum absolute atomic E-state index is 0.120. The molecule has 0 heterocycles. The predicted molar refractivity (Wildman–Crippen MR) is 80.1 cm³/mol. The SMILES string of the molecule is CN(C)C1(CNCc2cc(Cl)ccc2[N+](=O)[O-])CCC1. The smallest absolute Gasteiger partial charge is 0.273 e. The summed E-state index contributed by atoms with van der Waals surface area (Å²) in [5.41, 5.74) is 0.957. The standard InChI is InChI=1S/C14H20ClN3O2/c1-17(2)14(6-3-7-14)10-16-9-11-8-12(15)4-5-13(11)18(19)20/h4-5,8,16H,3,6-7,9-10H2,1-2H3. The average Bonchev–Trinajstić information content (AvgIpc) is 2.31. The molecule has 1 fully saturated rings. The number of nitrogens with one attached hydrogen (secondary N) is 1. The summed E-state index contributed by atoms with van der Waals surface area (Å²) in [6.45, 7) is 1.30. The Kier molecular flexibility index (Phi) is 4.62. The number of hydrogen-bond acceptors (Lipinski definition) is 4. The quantitative estimate of drug-likeness (QED) is 0.648. The van der Waals surface area contributed by atoms with Crippen molar-refractivity contribution >= 4 is 17.3 Å². The summed E-state index contributed by atoms with van der Waals surface area (Å²) in [6.07, 6.45) is 3.59. The molecule has 0 atom stereocenters. The molecule has 0 spiro atoms. The molecule has 0 saturated heterocycles. The minimum atomic E-state index is -0.363. The van der Waals surface area contributed by atoms with Crippen LogP contribution >= 0.6 is 11.6 Å². The van der Waals surface area contributed by atoms with Crippen LogP contribution in [0, 0.1) is 10.1 Å². The van der Waals surface area contributed by atoms with Crippen LogP contribution in [0.15, 0.2) is 18.2 Å². The monoisotopic (exact) mass is 297 g/mol. The lowest BCUT2D eigenvalue weighted by atomic mass is 9.75. The van der Waals surface area contributed by atoms with Crippen LogP contribution in [-0.2, 0) is 6.54 Å². The van der Waals surface area contributed by atoms with Gasteiger partial charge in [0.2, 0.25) is 0 Å². The number of rotatable bonds is 6. The Morgan fingerprint density at radius 3 is 2.65 bits per heavy atom. The van der Waals surface area contributed by atoms with Gasteiger partial charge >= 0.3 is 0 Å². The van der Waals surface area contributed by atoms with E-state index in [0.29, 0.717) is 17.1 Å². The molecule has 0 radical (unpaired) electrons. The van der Waals surface area contributed by atoms with Gasteiger partial charge in [0.25, 0.3) is 5.69 Å². The molecular weight excluding hydrogens is 278 g/mol. The first-order valence-corrected chi connectivity index (χ1v) is 7.13. The van der Waals surface area contributed by atoms with Crippen LogP contribution in [0.5, 0.6) is 0 Å². The lowest BCUT2D eigenvalue weighted by Gasteiger charge is -2.47. The van der Waals surface area contributed by atoms with Crippen molar-refractivity contribution in [1.82, 2.24) is 10.2 Å². The average molecular weight is 298 g/mol. The van der Waals surface area contributed by atoms with E-state index in [4.69, 9.17) is 11.6 Å². The molecule has 0 aliphatic heterocycles. The van der Waals surface area contributed by atoms with E-state index in [0.717, 1.165) is 6.54 Å². The number of benzene rings is 1. The molecule has 0 bridgehead atoms. The summed E-state index contributed by atoms with van der Waals surface area (Å²) in [7, 11) is 4.17. The van der Waals surface area contributed by atoms with E-state index in [2.05, 4.69) is 24.3 Å². The van der Waals surface area contributed by atoms with Crippen molar-refractivity contribution in [2.45, 2.75) is 31.3 Å². The molecule has 5 nitrogen and oxygen atoms in total. The number of nitro benzene ring substituents is 1. The molecule has 1 aliphatic carbocycles. The zero-order chi connectivity index (χ0) is 14.8. The Labute approximate surface area is 124 Å². The molecule has 1 aliphatic rings. The van der Waals surface area contributed by atoms with Crippen molar-refractivity contribution in [2.24, 2.45) is 0 Å². The van der Waals surface area contributed by atoms with Crippen LogP contribution in [0.25, 0.3) is 0 Å². The number of halogens is 1. The van der Waals surface area contributed by atoms with E-state index >= 15 is 0 Å². The van der Waals surface area contributed by atoms with E-state index in [1.165, 1.54) is 25.3 Å². The van der Waals surface area contributed by atoms with Crippen LogP contribution in [0.1, 0.15) is 24.8 Å². The van der Waals surface area contributed by atoms with Gasteiger partial charge in [-0.2, -0.15) is 0 Å². The highest BCUT2D eigenvalue weighted by Crippen LogP contribution is 2.35. The summed E-state index contributed by atoms with van der Waals surface area (Å²) in [6, 6.07) is 4.68. The summed E-state index contributed by atoms with van der Waals surface area (Å²) in [5.74, 6) is 0. The van der Waals surface area contributed by atoms with Gasteiger partial charge in [-0.25, -0.2) is 0 Å². The molecule has 1 aromatic rings. The first-order chi connectivity index (χ1) is 9.44. The number of nitrogens with zero attached hydrogens (tertiary/aromatic N) is 2. The van der Waals surface area contributed by atoms with Gasteiger partial charge in [0.05, 0.1) is 4.92 Å². The fraction of sp³-hybridized carbons (Fsp3) is 0.571. The maximum absolute atomic E-state index is 11.0. The lowest BCUT2D eigenvalue weighted by Crippen LogP contribution is -2.56. The molecule has 0 unspecified atom stereocenters. The number of nitro groups is 1. The van der Waals surface area contributed by atoms with Gasteiger partial charge in [0, 0.05) is 35.3 Å². The van der Waals surface area contributed by atoms with Gasteiger partial charge in [-0.1, -0.05) is 11.6 Å². The topological polar surface area (TPSA) is 58.4 Å². The second kappa shape index (κ2) is 6.08. The lowest BCUT2D eigenvalue weighted by molar-refractivity contribution is -0.385. The molecule has 0 amide bonds. The van der Waals surface area contributed by atoms with Gasteiger partial charge in [-0.05, 0) is 45.5 Å². The molecule has 110 valence electrons. The van der Waals surface area contributed by atoms with Crippen LogP contribution in [0.4, 0.5) is 5.69 Å². The first kappa shape index (κ1) is 15.2. The number of likely N-dealkylation sites (N-methyl/N-ethyl adjacent to an activating group) is 1. The summed E-state index contributed by atoms with van der Waals surface area (Å²) in [5, 5.41) is 14.9. The highest BCUT2D eigenvalue weighted by Gasteiger charge is 2.38. The van der Waals surface area contributed by atoms with Crippen LogP contribution < -0.4 is 5.32 Å². The van der Waals surface area contributed by atoms with Crippen molar-refractivity contribution in [2.75, 3.05) is 20.6 Å². The van der Waals surface area contributed by atoms with E-state index in [1.54, 1.807) is 12.1 Å². The normalized spacial score (nSPS) is 17.0. The maximum atomic E-state index is 11.0. The van der Waals surface area contributed by atoms with E-state index < -0.39 is 0 Å². The molecular formula is C14H20ClN3O2. The Morgan fingerprint density at radius 2 is 2.15 bits per heavy atom. The molecule has 6 heteroatoms. The van der Waals surface area contributed by atoms with E-state index in [-0.39, 0.29) is 16.1 Å². The van der Waals surface area contributed by atoms with Crippen LogP contribution in [0.3, 0.4) is 0 Å². The second-order valence-corrected chi connectivity index (χ2v) is 6.04. The van der Waals surface area contributed by atoms with Gasteiger partial charge < -0.3 is 10.2 Å². The van der Waals surface area contributed by atoms with Gasteiger partial charge in [-0.15, -0.1) is 0 Å². The zero-order valence-corrected chi connectivity index (χ0v) is 12.6. The van der Waals surface area contributed by atoms with E-state index in [9.17, 15) is 10.1 Å². The summed E-state index contributed by atoms with van der Waals surface area (Å²) >= 11 is 5.92.